The monoisotopic (exact) mass is 542 g/mol. The Balaban J connectivity index is 0.00000272. The lowest BCUT2D eigenvalue weighted by Crippen LogP contribution is -2.55. The number of rotatable bonds is 5. The summed E-state index contributed by atoms with van der Waals surface area (Å²) in [5.74, 6) is 2.03. The summed E-state index contributed by atoms with van der Waals surface area (Å²) in [5, 5.41) is 11.9. The van der Waals surface area contributed by atoms with Crippen molar-refractivity contribution >= 4 is 41.5 Å². The topological polar surface area (TPSA) is 90.6 Å². The number of nitrogens with zero attached hydrogens (tertiary/aromatic N) is 7. The van der Waals surface area contributed by atoms with Crippen molar-refractivity contribution in [3.05, 3.63) is 30.2 Å². The van der Waals surface area contributed by atoms with Crippen LogP contribution in [0, 0.1) is 0 Å². The second-order valence-electron chi connectivity index (χ2n) is 7.53. The molecule has 1 amide bonds. The van der Waals surface area contributed by atoms with Crippen LogP contribution in [0.25, 0.3) is 5.65 Å². The molecule has 0 saturated carbocycles. The van der Waals surface area contributed by atoms with Gasteiger partial charge in [0.05, 0.1) is 19.8 Å². The number of carbonyl (C=O) groups is 1. The van der Waals surface area contributed by atoms with Gasteiger partial charge < -0.3 is 19.9 Å². The van der Waals surface area contributed by atoms with E-state index in [0.29, 0.717) is 32.8 Å². The summed E-state index contributed by atoms with van der Waals surface area (Å²) in [6.07, 6.45) is 2.75. The second-order valence-corrected chi connectivity index (χ2v) is 7.53. The zero-order chi connectivity index (χ0) is 20.8. The minimum atomic E-state index is 0. The van der Waals surface area contributed by atoms with E-state index in [0.717, 1.165) is 56.6 Å². The number of hydrogen-bond acceptors (Lipinski definition) is 6. The first-order valence-corrected chi connectivity index (χ1v) is 10.6. The quantitative estimate of drug-likeness (QED) is 0.322. The number of halogens is 1. The molecule has 0 aromatic carbocycles. The first-order valence-electron chi connectivity index (χ1n) is 10.6. The van der Waals surface area contributed by atoms with Crippen LogP contribution in [0.5, 0.6) is 0 Å². The molecule has 2 aliphatic heterocycles. The lowest BCUT2D eigenvalue weighted by molar-refractivity contribution is -0.136. The molecule has 2 saturated heterocycles. The fraction of sp³-hybridized carbons (Fsp3) is 0.600. The van der Waals surface area contributed by atoms with Gasteiger partial charge in [0.1, 0.15) is 5.82 Å². The van der Waals surface area contributed by atoms with Crippen molar-refractivity contribution in [2.75, 3.05) is 72.6 Å². The van der Waals surface area contributed by atoms with Crippen molar-refractivity contribution in [2.24, 2.45) is 4.99 Å². The number of nitrogens with one attached hydrogen (secondary N) is 1. The molecule has 31 heavy (non-hydrogen) atoms. The van der Waals surface area contributed by atoms with Crippen LogP contribution >= 0.6 is 24.0 Å². The van der Waals surface area contributed by atoms with Crippen LogP contribution in [-0.2, 0) is 16.0 Å². The van der Waals surface area contributed by atoms with E-state index in [1.165, 1.54) is 0 Å². The molecule has 0 spiro atoms. The molecule has 2 aliphatic rings. The van der Waals surface area contributed by atoms with Crippen LogP contribution in [-0.4, -0.2) is 114 Å². The Labute approximate surface area is 199 Å². The van der Waals surface area contributed by atoms with E-state index in [1.807, 2.05) is 40.7 Å². The molecule has 0 radical (unpaired) electrons. The van der Waals surface area contributed by atoms with E-state index in [9.17, 15) is 4.79 Å². The largest absolute Gasteiger partial charge is 0.378 e. The minimum Gasteiger partial charge on any atom is -0.378 e. The van der Waals surface area contributed by atoms with Gasteiger partial charge in [-0.05, 0) is 12.1 Å². The predicted octanol–water partition coefficient (Wildman–Crippen LogP) is -0.0584. The van der Waals surface area contributed by atoms with Gasteiger partial charge in [-0.3, -0.25) is 19.1 Å². The normalized spacial score (nSPS) is 18.2. The van der Waals surface area contributed by atoms with Crippen molar-refractivity contribution in [1.82, 2.24) is 34.6 Å². The maximum Gasteiger partial charge on any atom is 0.236 e. The van der Waals surface area contributed by atoms with Gasteiger partial charge in [0.15, 0.2) is 11.6 Å². The molecule has 4 heterocycles. The highest BCUT2D eigenvalue weighted by atomic mass is 127. The van der Waals surface area contributed by atoms with Gasteiger partial charge in [0.2, 0.25) is 5.91 Å². The van der Waals surface area contributed by atoms with Gasteiger partial charge in [-0.15, -0.1) is 34.2 Å². The highest BCUT2D eigenvalue weighted by Crippen LogP contribution is 2.06. The summed E-state index contributed by atoms with van der Waals surface area (Å²) >= 11 is 0. The van der Waals surface area contributed by atoms with Crippen LogP contribution in [0.2, 0.25) is 0 Å². The maximum absolute atomic E-state index is 12.5. The third kappa shape index (κ3) is 6.04. The van der Waals surface area contributed by atoms with E-state index < -0.39 is 0 Å². The van der Waals surface area contributed by atoms with Gasteiger partial charge in [-0.2, -0.15) is 0 Å². The summed E-state index contributed by atoms with van der Waals surface area (Å²) in [6, 6.07) is 5.89. The van der Waals surface area contributed by atoms with Crippen molar-refractivity contribution in [2.45, 2.75) is 6.42 Å². The van der Waals surface area contributed by atoms with Gasteiger partial charge in [-0.1, -0.05) is 6.07 Å². The van der Waals surface area contributed by atoms with E-state index in [4.69, 9.17) is 4.74 Å². The van der Waals surface area contributed by atoms with Crippen LogP contribution < -0.4 is 5.32 Å². The number of piperazine rings is 1. The Morgan fingerprint density at radius 1 is 1.10 bits per heavy atom. The second kappa shape index (κ2) is 11.6. The number of aliphatic imine (C=N–C) groups is 1. The van der Waals surface area contributed by atoms with Gasteiger partial charge in [0, 0.05) is 65.5 Å². The minimum absolute atomic E-state index is 0. The van der Waals surface area contributed by atoms with Crippen LogP contribution in [0.4, 0.5) is 0 Å². The van der Waals surface area contributed by atoms with Crippen LogP contribution in [0.3, 0.4) is 0 Å². The fourth-order valence-corrected chi connectivity index (χ4v) is 3.90. The highest BCUT2D eigenvalue weighted by molar-refractivity contribution is 14.0. The number of amides is 1. The number of aromatic nitrogens is 3. The molecule has 2 aromatic rings. The van der Waals surface area contributed by atoms with Gasteiger partial charge in [-0.25, -0.2) is 0 Å². The third-order valence-electron chi connectivity index (χ3n) is 5.62. The number of fused-ring (bicyclic) bond motifs is 1. The standard InChI is InChI=1S/C20H30N8O2.HI/c1-21-20(22-6-5-18-24-23-17-4-2-3-7-28(17)18)27-10-8-25(9-11-27)16-19(29)26-12-14-30-15-13-26;/h2-4,7H,5-6,8-16H2,1H3,(H,21,22);1H. The number of pyridine rings is 1. The predicted molar refractivity (Wildman–Crippen MR) is 129 cm³/mol. The Kier molecular flexibility index (Phi) is 8.84. The molecule has 0 aliphatic carbocycles. The van der Waals surface area contributed by atoms with Crippen LogP contribution in [0.15, 0.2) is 29.4 Å². The molecule has 11 heteroatoms. The first kappa shape index (κ1) is 23.7. The molecule has 2 aromatic heterocycles. The Morgan fingerprint density at radius 3 is 2.61 bits per heavy atom. The van der Waals surface area contributed by atoms with Crippen molar-refractivity contribution in [3.8, 4) is 0 Å². The average Bonchev–Trinajstić information content (AvgIpc) is 3.21. The van der Waals surface area contributed by atoms with Crippen molar-refractivity contribution in [1.29, 1.82) is 0 Å². The molecule has 10 nitrogen and oxygen atoms in total. The lowest BCUT2D eigenvalue weighted by atomic mass is 10.3. The summed E-state index contributed by atoms with van der Waals surface area (Å²) in [7, 11) is 1.81. The summed E-state index contributed by atoms with van der Waals surface area (Å²) in [4.78, 5) is 23.3. The molecule has 0 atom stereocenters. The Hall–Kier alpha value is -1.99. The van der Waals surface area contributed by atoms with Gasteiger partial charge >= 0.3 is 0 Å². The summed E-state index contributed by atoms with van der Waals surface area (Å²) < 4.78 is 7.34. The highest BCUT2D eigenvalue weighted by Gasteiger charge is 2.24. The number of ether oxygens (including phenoxy) is 1. The Bertz CT molecular complexity index is 875. The van der Waals surface area contributed by atoms with Gasteiger partial charge in [0.25, 0.3) is 0 Å². The zero-order valence-corrected chi connectivity index (χ0v) is 20.3. The zero-order valence-electron chi connectivity index (χ0n) is 17.9. The first-order chi connectivity index (χ1) is 14.7. The van der Waals surface area contributed by atoms with Crippen molar-refractivity contribution < 1.29 is 9.53 Å². The molecule has 0 unspecified atom stereocenters. The molecular formula is C20H31IN8O2. The number of guanidine groups is 1. The average molecular weight is 542 g/mol. The SMILES string of the molecule is CN=C(NCCc1nnc2ccccn12)N1CCN(CC(=O)N2CCOCC2)CC1.I. The number of morpholine rings is 1. The van der Waals surface area contributed by atoms with E-state index in [-0.39, 0.29) is 29.9 Å². The molecule has 0 bridgehead atoms. The maximum atomic E-state index is 12.5. The molecule has 2 fully saturated rings. The van der Waals surface area contributed by atoms with Crippen LogP contribution in [0.1, 0.15) is 5.82 Å². The molecule has 170 valence electrons. The Morgan fingerprint density at radius 2 is 1.87 bits per heavy atom. The van der Waals surface area contributed by atoms with E-state index >= 15 is 0 Å². The van der Waals surface area contributed by atoms with E-state index in [1.54, 1.807) is 0 Å². The molecule has 4 rings (SSSR count). The fourth-order valence-electron chi connectivity index (χ4n) is 3.90. The third-order valence-corrected chi connectivity index (χ3v) is 5.62. The molecule has 1 N–H and O–H groups in total. The summed E-state index contributed by atoms with van der Waals surface area (Å²) in [6.45, 7) is 7.33. The summed E-state index contributed by atoms with van der Waals surface area (Å²) in [5.41, 5.74) is 0.861. The lowest BCUT2D eigenvalue weighted by Gasteiger charge is -2.37. The van der Waals surface area contributed by atoms with Crippen molar-refractivity contribution in [3.63, 3.8) is 0 Å². The molecular weight excluding hydrogens is 511 g/mol. The smallest absolute Gasteiger partial charge is 0.236 e. The number of carbonyl (C=O) groups excluding carboxylic acids is 1. The number of hydrogen-bond donors (Lipinski definition) is 1. The van der Waals surface area contributed by atoms with E-state index in [2.05, 4.69) is 30.3 Å².